The van der Waals surface area contributed by atoms with Crippen molar-refractivity contribution in [3.05, 3.63) is 48.0 Å². The minimum Gasteiger partial charge on any atom is -0.396 e. The molecule has 0 saturated heterocycles. The lowest BCUT2D eigenvalue weighted by atomic mass is 10.0. The van der Waals surface area contributed by atoms with Crippen molar-refractivity contribution in [1.29, 1.82) is 0 Å². The van der Waals surface area contributed by atoms with Crippen molar-refractivity contribution in [3.8, 4) is 0 Å². The van der Waals surface area contributed by atoms with Crippen molar-refractivity contribution in [2.24, 2.45) is 0 Å². The van der Waals surface area contributed by atoms with Crippen LogP contribution in [0.4, 0.5) is 0 Å². The molecule has 2 N–H and O–H groups in total. The summed E-state index contributed by atoms with van der Waals surface area (Å²) in [4.78, 5) is 12.2. The Kier molecular flexibility index (Phi) is 5.72. The van der Waals surface area contributed by atoms with Crippen molar-refractivity contribution in [3.63, 3.8) is 0 Å². The van der Waals surface area contributed by atoms with Gasteiger partial charge >= 0.3 is 0 Å². The number of amides is 1. The van der Waals surface area contributed by atoms with Gasteiger partial charge in [0.25, 0.3) is 0 Å². The standard InChI is InChI=1S/C17H21NO3/c1-21-12-15(9-10-19)18-17(20)11-14-7-4-6-13-5-2-3-8-16(13)14/h2-8,15,19H,9-12H2,1H3,(H,18,20). The highest BCUT2D eigenvalue weighted by Gasteiger charge is 2.13. The molecular formula is C17H21NO3. The molecule has 112 valence electrons. The van der Waals surface area contributed by atoms with E-state index in [0.717, 1.165) is 16.3 Å². The van der Waals surface area contributed by atoms with Crippen LogP contribution in [-0.2, 0) is 16.0 Å². The van der Waals surface area contributed by atoms with E-state index in [1.54, 1.807) is 7.11 Å². The molecule has 0 fully saturated rings. The van der Waals surface area contributed by atoms with Gasteiger partial charge in [0.15, 0.2) is 0 Å². The first-order chi connectivity index (χ1) is 10.2. The molecule has 21 heavy (non-hydrogen) atoms. The average Bonchev–Trinajstić information content (AvgIpc) is 2.48. The number of fused-ring (bicyclic) bond motifs is 1. The van der Waals surface area contributed by atoms with Gasteiger partial charge in [-0.1, -0.05) is 42.5 Å². The number of carbonyl (C=O) groups excluding carboxylic acids is 1. The van der Waals surface area contributed by atoms with Crippen LogP contribution in [0.5, 0.6) is 0 Å². The number of benzene rings is 2. The number of hydrogen-bond donors (Lipinski definition) is 2. The summed E-state index contributed by atoms with van der Waals surface area (Å²) in [7, 11) is 1.58. The summed E-state index contributed by atoms with van der Waals surface area (Å²) in [6, 6.07) is 13.9. The monoisotopic (exact) mass is 287 g/mol. The Morgan fingerprint density at radius 3 is 2.76 bits per heavy atom. The molecule has 4 nitrogen and oxygen atoms in total. The van der Waals surface area contributed by atoms with E-state index >= 15 is 0 Å². The predicted molar refractivity (Wildman–Crippen MR) is 83.2 cm³/mol. The number of methoxy groups -OCH3 is 1. The number of ether oxygens (including phenoxy) is 1. The van der Waals surface area contributed by atoms with Crippen LogP contribution >= 0.6 is 0 Å². The number of hydrogen-bond acceptors (Lipinski definition) is 3. The van der Waals surface area contributed by atoms with Crippen LogP contribution in [0, 0.1) is 0 Å². The molecule has 4 heteroatoms. The van der Waals surface area contributed by atoms with Gasteiger partial charge in [-0.25, -0.2) is 0 Å². The van der Waals surface area contributed by atoms with Crippen LogP contribution in [-0.4, -0.2) is 37.4 Å². The summed E-state index contributed by atoms with van der Waals surface area (Å²) in [6.45, 7) is 0.435. The molecular weight excluding hydrogens is 266 g/mol. The van der Waals surface area contributed by atoms with Crippen LogP contribution in [0.3, 0.4) is 0 Å². The van der Waals surface area contributed by atoms with Crippen molar-refractivity contribution in [2.75, 3.05) is 20.3 Å². The van der Waals surface area contributed by atoms with Crippen LogP contribution < -0.4 is 5.32 Å². The Morgan fingerprint density at radius 1 is 1.24 bits per heavy atom. The van der Waals surface area contributed by atoms with Crippen molar-refractivity contribution >= 4 is 16.7 Å². The molecule has 0 saturated carbocycles. The number of nitrogens with one attached hydrogen (secondary N) is 1. The van der Waals surface area contributed by atoms with Gasteiger partial charge in [0.05, 0.1) is 19.1 Å². The Balaban J connectivity index is 2.07. The maximum atomic E-state index is 12.2. The zero-order chi connectivity index (χ0) is 15.1. The third-order valence-corrected chi connectivity index (χ3v) is 3.44. The fraction of sp³-hybridized carbons (Fsp3) is 0.353. The first-order valence-electron chi connectivity index (χ1n) is 7.10. The Morgan fingerprint density at radius 2 is 2.00 bits per heavy atom. The SMILES string of the molecule is COCC(CCO)NC(=O)Cc1cccc2ccccc12. The molecule has 2 rings (SSSR count). The first kappa shape index (κ1) is 15.5. The highest BCUT2D eigenvalue weighted by molar-refractivity contribution is 5.90. The molecule has 0 bridgehead atoms. The second-order valence-corrected chi connectivity index (χ2v) is 5.05. The third-order valence-electron chi connectivity index (χ3n) is 3.44. The number of rotatable bonds is 7. The van der Waals surface area contributed by atoms with Crippen molar-refractivity contribution in [2.45, 2.75) is 18.9 Å². The molecule has 0 radical (unpaired) electrons. The maximum absolute atomic E-state index is 12.2. The molecule has 0 aromatic heterocycles. The van der Waals surface area contributed by atoms with Crippen LogP contribution in [0.15, 0.2) is 42.5 Å². The average molecular weight is 287 g/mol. The summed E-state index contributed by atoms with van der Waals surface area (Å²) >= 11 is 0. The fourth-order valence-corrected chi connectivity index (χ4v) is 2.45. The number of aliphatic hydroxyl groups is 1. The van der Waals surface area contributed by atoms with Crippen molar-refractivity contribution in [1.82, 2.24) is 5.32 Å². The summed E-state index contributed by atoms with van der Waals surface area (Å²) in [5, 5.41) is 14.1. The second-order valence-electron chi connectivity index (χ2n) is 5.05. The Labute approximate surface area is 124 Å². The molecule has 2 aromatic rings. The van der Waals surface area contributed by atoms with E-state index in [9.17, 15) is 4.79 Å². The van der Waals surface area contributed by atoms with E-state index in [4.69, 9.17) is 9.84 Å². The Hall–Kier alpha value is -1.91. The van der Waals surface area contributed by atoms with E-state index in [-0.39, 0.29) is 18.6 Å². The Bertz CT molecular complexity index is 586. The first-order valence-corrected chi connectivity index (χ1v) is 7.10. The smallest absolute Gasteiger partial charge is 0.224 e. The number of aliphatic hydroxyl groups excluding tert-OH is 1. The second kappa shape index (κ2) is 7.76. The van der Waals surface area contributed by atoms with Crippen LogP contribution in [0.25, 0.3) is 10.8 Å². The van der Waals surface area contributed by atoms with E-state index in [0.29, 0.717) is 19.4 Å². The molecule has 1 unspecified atom stereocenters. The summed E-state index contributed by atoms with van der Waals surface area (Å²) < 4.78 is 5.05. The molecule has 0 aliphatic carbocycles. The van der Waals surface area contributed by atoms with E-state index in [1.165, 1.54) is 0 Å². The lowest BCUT2D eigenvalue weighted by molar-refractivity contribution is -0.121. The molecule has 1 atom stereocenters. The highest BCUT2D eigenvalue weighted by Crippen LogP contribution is 2.18. The zero-order valence-corrected chi connectivity index (χ0v) is 12.2. The summed E-state index contributed by atoms with van der Waals surface area (Å²) in [5.41, 5.74) is 1.01. The predicted octanol–water partition coefficient (Wildman–Crippen LogP) is 1.90. The van der Waals surface area contributed by atoms with E-state index in [2.05, 4.69) is 5.32 Å². The quantitative estimate of drug-likeness (QED) is 0.817. The van der Waals surface area contributed by atoms with Gasteiger partial charge in [0.1, 0.15) is 0 Å². The van der Waals surface area contributed by atoms with Gasteiger partial charge in [-0.2, -0.15) is 0 Å². The van der Waals surface area contributed by atoms with Crippen LogP contribution in [0.1, 0.15) is 12.0 Å². The lowest BCUT2D eigenvalue weighted by Gasteiger charge is -2.17. The van der Waals surface area contributed by atoms with Crippen molar-refractivity contribution < 1.29 is 14.6 Å². The maximum Gasteiger partial charge on any atom is 0.224 e. The molecule has 0 aliphatic rings. The lowest BCUT2D eigenvalue weighted by Crippen LogP contribution is -2.39. The van der Waals surface area contributed by atoms with Crippen LogP contribution in [0.2, 0.25) is 0 Å². The van der Waals surface area contributed by atoms with Gasteiger partial charge in [-0.3, -0.25) is 4.79 Å². The normalized spacial score (nSPS) is 12.3. The summed E-state index contributed by atoms with van der Waals surface area (Å²) in [6.07, 6.45) is 0.822. The van der Waals surface area contributed by atoms with E-state index < -0.39 is 0 Å². The molecule has 1 amide bonds. The zero-order valence-electron chi connectivity index (χ0n) is 12.2. The minimum absolute atomic E-state index is 0.0303. The highest BCUT2D eigenvalue weighted by atomic mass is 16.5. The minimum atomic E-state index is -0.150. The fourth-order valence-electron chi connectivity index (χ4n) is 2.45. The van der Waals surface area contributed by atoms with Gasteiger partial charge in [0, 0.05) is 13.7 Å². The van der Waals surface area contributed by atoms with E-state index in [1.807, 2.05) is 42.5 Å². The number of carbonyl (C=O) groups is 1. The molecule has 0 spiro atoms. The van der Waals surface area contributed by atoms with Gasteiger partial charge in [0.2, 0.25) is 5.91 Å². The van der Waals surface area contributed by atoms with Gasteiger partial charge < -0.3 is 15.2 Å². The topological polar surface area (TPSA) is 58.6 Å². The third kappa shape index (κ3) is 4.28. The molecule has 0 aliphatic heterocycles. The summed E-state index contributed by atoms with van der Waals surface area (Å²) in [5.74, 6) is -0.0538. The van der Waals surface area contributed by atoms with Gasteiger partial charge in [-0.15, -0.1) is 0 Å². The molecule has 2 aromatic carbocycles. The van der Waals surface area contributed by atoms with Gasteiger partial charge in [-0.05, 0) is 22.8 Å². The molecule has 0 heterocycles. The largest absolute Gasteiger partial charge is 0.396 e.